The van der Waals surface area contributed by atoms with Gasteiger partial charge in [-0.2, -0.15) is 0 Å². The Morgan fingerprint density at radius 3 is 2.03 bits per heavy atom. The Hall–Kier alpha value is -3.53. The van der Waals surface area contributed by atoms with Crippen molar-refractivity contribution in [3.05, 3.63) is 84.4 Å². The number of nitrogens with one attached hydrogen (secondary N) is 2. The number of carbonyl (C=O) groups excluding carboxylic acids is 1. The number of rotatable bonds is 7. The molecule has 0 spiro atoms. The molecular weight excluding hydrogens is 433 g/mol. The van der Waals surface area contributed by atoms with Gasteiger partial charge in [0.1, 0.15) is 5.75 Å². The first-order valence-electron chi connectivity index (χ1n) is 8.94. The van der Waals surface area contributed by atoms with Crippen LogP contribution in [0.2, 0.25) is 0 Å². The third-order valence-electron chi connectivity index (χ3n) is 4.02. The number of para-hydroxylation sites is 2. The zero-order chi connectivity index (χ0) is 22.5. The fraction of sp³-hybridized carbons (Fsp3) is 0.0952. The molecule has 0 saturated heterocycles. The van der Waals surface area contributed by atoms with Crippen LogP contribution in [0.15, 0.2) is 83.8 Å². The summed E-state index contributed by atoms with van der Waals surface area (Å²) in [6.07, 6.45) is -4.93. The van der Waals surface area contributed by atoms with E-state index in [4.69, 9.17) is 0 Å². The first-order chi connectivity index (χ1) is 14.6. The normalized spacial score (nSPS) is 11.6. The van der Waals surface area contributed by atoms with Crippen LogP contribution >= 0.6 is 0 Å². The van der Waals surface area contributed by atoms with Gasteiger partial charge in [0.05, 0.1) is 22.7 Å². The maximum Gasteiger partial charge on any atom is 0.573 e. The maximum atomic E-state index is 12.5. The molecule has 0 heterocycles. The quantitative estimate of drug-likeness (QED) is 0.553. The molecule has 10 heteroatoms. The van der Waals surface area contributed by atoms with Gasteiger partial charge >= 0.3 is 6.36 Å². The molecule has 0 aliphatic rings. The highest BCUT2D eigenvalue weighted by atomic mass is 32.2. The minimum Gasteiger partial charge on any atom is -0.406 e. The molecule has 6 nitrogen and oxygen atoms in total. The molecule has 3 rings (SSSR count). The lowest BCUT2D eigenvalue weighted by Gasteiger charge is -2.14. The molecule has 0 saturated carbocycles. The van der Waals surface area contributed by atoms with Crippen LogP contribution in [0, 0.1) is 0 Å². The third kappa shape index (κ3) is 6.48. The van der Waals surface area contributed by atoms with E-state index < -0.39 is 28.0 Å². The predicted molar refractivity (Wildman–Crippen MR) is 109 cm³/mol. The highest BCUT2D eigenvalue weighted by Crippen LogP contribution is 2.25. The molecule has 0 unspecified atom stereocenters. The molecule has 162 valence electrons. The molecule has 0 radical (unpaired) electrons. The number of hydrogen-bond acceptors (Lipinski definition) is 4. The van der Waals surface area contributed by atoms with Crippen molar-refractivity contribution in [3.8, 4) is 5.75 Å². The number of sulfonamides is 1. The molecule has 0 aromatic heterocycles. The van der Waals surface area contributed by atoms with Crippen LogP contribution in [0.4, 0.5) is 24.5 Å². The van der Waals surface area contributed by atoms with Crippen LogP contribution in [0.1, 0.15) is 5.56 Å². The number of benzene rings is 3. The number of carbonyl (C=O) groups is 1. The molecule has 0 fully saturated rings. The first kappa shape index (κ1) is 22.2. The van der Waals surface area contributed by atoms with E-state index in [1.54, 1.807) is 30.3 Å². The molecule has 0 aliphatic heterocycles. The summed E-state index contributed by atoms with van der Waals surface area (Å²) in [7, 11) is -3.86. The average molecular weight is 450 g/mol. The van der Waals surface area contributed by atoms with Gasteiger partial charge < -0.3 is 10.1 Å². The van der Waals surface area contributed by atoms with E-state index in [2.05, 4.69) is 14.8 Å². The van der Waals surface area contributed by atoms with Crippen LogP contribution in [0.25, 0.3) is 0 Å². The van der Waals surface area contributed by atoms with Gasteiger partial charge in [0, 0.05) is 0 Å². The molecule has 3 aromatic carbocycles. The Morgan fingerprint density at radius 2 is 1.42 bits per heavy atom. The molecule has 1 amide bonds. The number of ether oxygens (including phenoxy) is 1. The minimum absolute atomic E-state index is 0.0669. The summed E-state index contributed by atoms with van der Waals surface area (Å²) in [5.41, 5.74) is 0.868. The van der Waals surface area contributed by atoms with Crippen LogP contribution < -0.4 is 14.8 Å². The van der Waals surface area contributed by atoms with Gasteiger partial charge in [0.15, 0.2) is 0 Å². The molecule has 0 bridgehead atoms. The van der Waals surface area contributed by atoms with Crippen molar-refractivity contribution in [1.82, 2.24) is 0 Å². The minimum atomic E-state index is -4.80. The van der Waals surface area contributed by atoms with Crippen LogP contribution in [0.3, 0.4) is 0 Å². The highest BCUT2D eigenvalue weighted by molar-refractivity contribution is 7.92. The summed E-state index contributed by atoms with van der Waals surface area (Å²) in [6.45, 7) is 0. The Labute approximate surface area is 176 Å². The lowest BCUT2D eigenvalue weighted by Crippen LogP contribution is -2.18. The zero-order valence-corrected chi connectivity index (χ0v) is 16.7. The van der Waals surface area contributed by atoms with Crippen molar-refractivity contribution >= 4 is 27.3 Å². The first-order valence-corrected chi connectivity index (χ1v) is 10.4. The highest BCUT2D eigenvalue weighted by Gasteiger charge is 2.31. The van der Waals surface area contributed by atoms with Crippen molar-refractivity contribution in [1.29, 1.82) is 0 Å². The summed E-state index contributed by atoms with van der Waals surface area (Å²) in [4.78, 5) is 12.5. The Kier molecular flexibility index (Phi) is 6.50. The van der Waals surface area contributed by atoms with Crippen molar-refractivity contribution in [2.45, 2.75) is 17.7 Å². The monoisotopic (exact) mass is 450 g/mol. The molecule has 3 aromatic rings. The van der Waals surface area contributed by atoms with Crippen LogP contribution in [-0.2, 0) is 21.2 Å². The fourth-order valence-corrected chi connectivity index (χ4v) is 3.77. The summed E-state index contributed by atoms with van der Waals surface area (Å²) in [6, 6.07) is 18.9. The molecule has 31 heavy (non-hydrogen) atoms. The van der Waals surface area contributed by atoms with Gasteiger partial charge in [-0.1, -0.05) is 42.5 Å². The van der Waals surface area contributed by atoms with E-state index in [0.29, 0.717) is 5.56 Å². The SMILES string of the molecule is O=C(Cc1ccc(OC(F)(F)F)cc1)Nc1ccccc1NS(=O)(=O)c1ccccc1. The van der Waals surface area contributed by atoms with Gasteiger partial charge in [-0.25, -0.2) is 8.42 Å². The van der Waals surface area contributed by atoms with Gasteiger partial charge in [0.25, 0.3) is 10.0 Å². The molecule has 0 aliphatic carbocycles. The van der Waals surface area contributed by atoms with E-state index in [-0.39, 0.29) is 22.7 Å². The van der Waals surface area contributed by atoms with Crippen LogP contribution in [-0.4, -0.2) is 20.7 Å². The Morgan fingerprint density at radius 1 is 0.839 bits per heavy atom. The molecular formula is C21H17F3N2O4S. The van der Waals surface area contributed by atoms with Crippen molar-refractivity contribution in [2.24, 2.45) is 0 Å². The number of amides is 1. The number of halogens is 3. The lowest BCUT2D eigenvalue weighted by molar-refractivity contribution is -0.274. The van der Waals surface area contributed by atoms with Gasteiger partial charge in [-0.05, 0) is 42.0 Å². The largest absolute Gasteiger partial charge is 0.573 e. The maximum absolute atomic E-state index is 12.5. The van der Waals surface area contributed by atoms with E-state index in [0.717, 1.165) is 12.1 Å². The Balaban J connectivity index is 1.69. The zero-order valence-electron chi connectivity index (χ0n) is 15.9. The smallest absolute Gasteiger partial charge is 0.406 e. The number of hydrogen-bond donors (Lipinski definition) is 2. The van der Waals surface area contributed by atoms with Gasteiger partial charge in [0.2, 0.25) is 5.91 Å². The fourth-order valence-electron chi connectivity index (χ4n) is 2.67. The second-order valence-corrected chi connectivity index (χ2v) is 8.06. The standard InChI is InChI=1S/C21H17F3N2O4S/c22-21(23,24)30-16-12-10-15(11-13-16)14-20(27)25-18-8-4-5-9-19(18)26-31(28,29)17-6-2-1-3-7-17/h1-13,26H,14H2,(H,25,27). The van der Waals surface area contributed by atoms with Crippen molar-refractivity contribution < 1.29 is 31.1 Å². The molecule has 0 atom stereocenters. The second kappa shape index (κ2) is 9.09. The van der Waals surface area contributed by atoms with Gasteiger partial charge in [-0.15, -0.1) is 13.2 Å². The summed E-state index contributed by atoms with van der Waals surface area (Å²) >= 11 is 0. The predicted octanol–water partition coefficient (Wildman–Crippen LogP) is 4.57. The summed E-state index contributed by atoms with van der Waals surface area (Å²) in [5.74, 6) is -0.867. The van der Waals surface area contributed by atoms with E-state index in [1.165, 1.54) is 36.4 Å². The van der Waals surface area contributed by atoms with Crippen molar-refractivity contribution in [2.75, 3.05) is 10.0 Å². The van der Waals surface area contributed by atoms with E-state index in [1.807, 2.05) is 0 Å². The van der Waals surface area contributed by atoms with Gasteiger partial charge in [-0.3, -0.25) is 9.52 Å². The van der Waals surface area contributed by atoms with E-state index >= 15 is 0 Å². The summed E-state index contributed by atoms with van der Waals surface area (Å²) in [5, 5.41) is 2.61. The number of alkyl halides is 3. The average Bonchev–Trinajstić information content (AvgIpc) is 2.70. The second-order valence-electron chi connectivity index (χ2n) is 6.38. The topological polar surface area (TPSA) is 84.5 Å². The van der Waals surface area contributed by atoms with Crippen molar-refractivity contribution in [3.63, 3.8) is 0 Å². The number of anilines is 2. The molecule has 2 N–H and O–H groups in total. The third-order valence-corrected chi connectivity index (χ3v) is 5.40. The lowest BCUT2D eigenvalue weighted by atomic mass is 10.1. The van der Waals surface area contributed by atoms with Crippen LogP contribution in [0.5, 0.6) is 5.75 Å². The van der Waals surface area contributed by atoms with E-state index in [9.17, 15) is 26.4 Å². The summed E-state index contributed by atoms with van der Waals surface area (Å²) < 4.78 is 68.0. The Bertz CT molecular complexity index is 1150.